The first-order chi connectivity index (χ1) is 21.5. The first kappa shape index (κ1) is 27.7. The quantitative estimate of drug-likeness (QED) is 0.145. The smallest absolute Gasteiger partial charge is 0.0619 e. The molecule has 0 heterocycles. The summed E-state index contributed by atoms with van der Waals surface area (Å²) in [6.07, 6.45) is 8.10. The maximum absolute atomic E-state index is 2.48. The summed E-state index contributed by atoms with van der Waals surface area (Å²) >= 11 is 0. The van der Waals surface area contributed by atoms with Gasteiger partial charge in [0.15, 0.2) is 0 Å². The maximum Gasteiger partial charge on any atom is 0.0619 e. The fourth-order valence-corrected chi connectivity index (χ4v) is 6.65. The van der Waals surface area contributed by atoms with E-state index in [1.807, 2.05) is 0 Å². The van der Waals surface area contributed by atoms with Crippen LogP contribution in [0, 0.1) is 26.7 Å². The summed E-state index contributed by atoms with van der Waals surface area (Å²) in [4.78, 5) is 4.94. The van der Waals surface area contributed by atoms with E-state index in [1.165, 1.54) is 61.0 Å². The number of hydrogen-bond donors (Lipinski definition) is 0. The summed E-state index contributed by atoms with van der Waals surface area (Å²) in [6.45, 7) is 8.82. The lowest BCUT2D eigenvalue weighted by atomic mass is 9.94. The van der Waals surface area contributed by atoms with Crippen LogP contribution in [0.5, 0.6) is 0 Å². The molecule has 2 heteroatoms. The molecule has 0 bridgehead atoms. The SMILES string of the molecule is Cc1cccc(N(C2=CC(C)CC=C2)c2c3ccccc3c(N(c3cccc(C)c3)c3cccc(C)c3)c3ccccc23)c1. The molecule has 6 aromatic carbocycles. The van der Waals surface area contributed by atoms with E-state index >= 15 is 0 Å². The predicted octanol–water partition coefficient (Wildman–Crippen LogP) is 12.0. The highest BCUT2D eigenvalue weighted by Crippen LogP contribution is 2.50. The van der Waals surface area contributed by atoms with Crippen LogP contribution < -0.4 is 9.80 Å². The molecule has 0 aromatic heterocycles. The Hall–Kier alpha value is -5.08. The summed E-state index contributed by atoms with van der Waals surface area (Å²) in [5.41, 5.74) is 10.8. The van der Waals surface area contributed by atoms with Crippen LogP contribution in [0.1, 0.15) is 30.0 Å². The second kappa shape index (κ2) is 11.5. The van der Waals surface area contributed by atoms with Crippen molar-refractivity contribution in [2.75, 3.05) is 9.80 Å². The van der Waals surface area contributed by atoms with Crippen LogP contribution in [0.25, 0.3) is 21.5 Å². The molecule has 6 aromatic rings. The van der Waals surface area contributed by atoms with Crippen molar-refractivity contribution in [2.45, 2.75) is 34.1 Å². The molecule has 1 atom stereocenters. The van der Waals surface area contributed by atoms with Crippen LogP contribution in [0.15, 0.2) is 145 Å². The van der Waals surface area contributed by atoms with Crippen LogP contribution in [-0.4, -0.2) is 0 Å². The van der Waals surface area contributed by atoms with Gasteiger partial charge in [0.2, 0.25) is 0 Å². The van der Waals surface area contributed by atoms with E-state index in [0.29, 0.717) is 5.92 Å². The van der Waals surface area contributed by atoms with Gasteiger partial charge in [0, 0.05) is 44.3 Å². The van der Waals surface area contributed by atoms with E-state index in [4.69, 9.17) is 0 Å². The third kappa shape index (κ3) is 5.07. The zero-order valence-corrected chi connectivity index (χ0v) is 26.0. The van der Waals surface area contributed by atoms with Crippen LogP contribution in [0.2, 0.25) is 0 Å². The molecule has 0 N–H and O–H groups in total. The highest BCUT2D eigenvalue weighted by molar-refractivity contribution is 6.22. The van der Waals surface area contributed by atoms with Crippen molar-refractivity contribution in [1.29, 1.82) is 0 Å². The van der Waals surface area contributed by atoms with E-state index in [0.717, 1.165) is 17.8 Å². The molecule has 0 saturated carbocycles. The topological polar surface area (TPSA) is 6.48 Å². The van der Waals surface area contributed by atoms with Crippen molar-refractivity contribution in [3.8, 4) is 0 Å². The van der Waals surface area contributed by atoms with E-state index < -0.39 is 0 Å². The van der Waals surface area contributed by atoms with Gasteiger partial charge in [-0.25, -0.2) is 0 Å². The number of benzene rings is 6. The molecule has 216 valence electrons. The van der Waals surface area contributed by atoms with E-state index in [2.05, 4.69) is 177 Å². The number of rotatable bonds is 6. The Morgan fingerprint density at radius 2 is 0.909 bits per heavy atom. The van der Waals surface area contributed by atoms with Crippen molar-refractivity contribution in [3.63, 3.8) is 0 Å². The van der Waals surface area contributed by atoms with E-state index in [1.54, 1.807) is 0 Å². The van der Waals surface area contributed by atoms with Crippen LogP contribution in [-0.2, 0) is 0 Å². The molecule has 1 aliphatic carbocycles. The fraction of sp³-hybridized carbons (Fsp3) is 0.143. The van der Waals surface area contributed by atoms with Crippen molar-refractivity contribution < 1.29 is 0 Å². The number of allylic oxidation sites excluding steroid dienone is 3. The highest BCUT2D eigenvalue weighted by atomic mass is 15.2. The second-order valence-corrected chi connectivity index (χ2v) is 12.2. The minimum atomic E-state index is 0.470. The Morgan fingerprint density at radius 3 is 1.32 bits per heavy atom. The van der Waals surface area contributed by atoms with E-state index in [9.17, 15) is 0 Å². The minimum Gasteiger partial charge on any atom is -0.310 e. The van der Waals surface area contributed by atoms with Gasteiger partial charge >= 0.3 is 0 Å². The number of anilines is 5. The predicted molar refractivity (Wildman–Crippen MR) is 190 cm³/mol. The first-order valence-corrected chi connectivity index (χ1v) is 15.6. The minimum absolute atomic E-state index is 0.470. The molecule has 0 spiro atoms. The van der Waals surface area contributed by atoms with Gasteiger partial charge in [-0.2, -0.15) is 0 Å². The molecule has 1 unspecified atom stereocenters. The third-order valence-electron chi connectivity index (χ3n) is 8.61. The normalized spacial score (nSPS) is 14.5. The second-order valence-electron chi connectivity index (χ2n) is 12.2. The van der Waals surface area contributed by atoms with Crippen molar-refractivity contribution in [2.24, 2.45) is 5.92 Å². The molecule has 0 aliphatic heterocycles. The summed E-state index contributed by atoms with van der Waals surface area (Å²) in [7, 11) is 0. The Morgan fingerprint density at radius 1 is 0.500 bits per heavy atom. The number of aryl methyl sites for hydroxylation is 3. The van der Waals surface area contributed by atoms with Gasteiger partial charge in [-0.05, 0) is 92.3 Å². The number of nitrogens with zero attached hydrogens (tertiary/aromatic N) is 2. The molecule has 7 rings (SSSR count). The van der Waals surface area contributed by atoms with Crippen LogP contribution in [0.3, 0.4) is 0 Å². The molecule has 44 heavy (non-hydrogen) atoms. The molecule has 0 fully saturated rings. The highest BCUT2D eigenvalue weighted by Gasteiger charge is 2.26. The van der Waals surface area contributed by atoms with Gasteiger partial charge in [0.1, 0.15) is 0 Å². The average molecular weight is 571 g/mol. The zero-order chi connectivity index (χ0) is 30.2. The van der Waals surface area contributed by atoms with Crippen LogP contribution in [0.4, 0.5) is 28.4 Å². The van der Waals surface area contributed by atoms with Gasteiger partial charge < -0.3 is 9.80 Å². The zero-order valence-electron chi connectivity index (χ0n) is 26.0. The number of hydrogen-bond acceptors (Lipinski definition) is 2. The monoisotopic (exact) mass is 570 g/mol. The van der Waals surface area contributed by atoms with Gasteiger partial charge in [0.25, 0.3) is 0 Å². The van der Waals surface area contributed by atoms with Crippen LogP contribution >= 0.6 is 0 Å². The molecular weight excluding hydrogens is 532 g/mol. The average Bonchev–Trinajstić information content (AvgIpc) is 3.02. The summed E-state index contributed by atoms with van der Waals surface area (Å²) < 4.78 is 0. The molecule has 0 amide bonds. The molecule has 0 saturated heterocycles. The Kier molecular flexibility index (Phi) is 7.28. The summed E-state index contributed by atoms with van der Waals surface area (Å²) in [5.74, 6) is 0.470. The van der Waals surface area contributed by atoms with Gasteiger partial charge in [-0.3, -0.25) is 0 Å². The molecule has 2 nitrogen and oxygen atoms in total. The summed E-state index contributed by atoms with van der Waals surface area (Å²) in [6, 6.07) is 44.5. The lowest BCUT2D eigenvalue weighted by Crippen LogP contribution is -2.19. The lowest BCUT2D eigenvalue weighted by molar-refractivity contribution is 0.726. The van der Waals surface area contributed by atoms with Crippen molar-refractivity contribution in [3.05, 3.63) is 162 Å². The maximum atomic E-state index is 2.48. The Labute approximate surface area is 261 Å². The Bertz CT molecular complexity index is 1960. The summed E-state index contributed by atoms with van der Waals surface area (Å²) in [5, 5.41) is 4.88. The standard InChI is InChI=1S/C42H38N2/c1-29-13-9-17-33(25-29)43(34-18-10-14-30(2)26-34)41-37-21-5-7-23-39(37)42(40-24-8-6-22-38(40)41)44(35-19-11-15-31(3)27-35)36-20-12-16-32(4)28-36/h5-15,17-28,32H,16H2,1-4H3. The third-order valence-corrected chi connectivity index (χ3v) is 8.61. The molecule has 0 radical (unpaired) electrons. The molecular formula is C42H38N2. The lowest BCUT2D eigenvalue weighted by Gasteiger charge is -2.34. The van der Waals surface area contributed by atoms with E-state index in [-0.39, 0.29) is 0 Å². The number of fused-ring (bicyclic) bond motifs is 2. The van der Waals surface area contributed by atoms with Gasteiger partial charge in [-0.15, -0.1) is 0 Å². The first-order valence-electron chi connectivity index (χ1n) is 15.6. The van der Waals surface area contributed by atoms with Gasteiger partial charge in [-0.1, -0.05) is 104 Å². The largest absolute Gasteiger partial charge is 0.310 e. The van der Waals surface area contributed by atoms with Crippen molar-refractivity contribution in [1.82, 2.24) is 0 Å². The Balaban J connectivity index is 1.61. The molecule has 1 aliphatic rings. The fourth-order valence-electron chi connectivity index (χ4n) is 6.65. The van der Waals surface area contributed by atoms with Gasteiger partial charge in [0.05, 0.1) is 11.4 Å². The van der Waals surface area contributed by atoms with Crippen molar-refractivity contribution >= 4 is 50.0 Å².